The average molecular weight is 290 g/mol. The Kier molecular flexibility index (Phi) is 3.87. The highest BCUT2D eigenvalue weighted by molar-refractivity contribution is 9.09. The molecule has 0 aliphatic carbocycles. The summed E-state index contributed by atoms with van der Waals surface area (Å²) in [5.74, 6) is 1.75. The second kappa shape index (κ2) is 5.17. The number of hydrogen-bond acceptors (Lipinski definition) is 2. The number of pyridine rings is 1. The number of aromatic nitrogens is 1. The molecule has 0 atom stereocenters. The minimum Gasteiger partial charge on any atom is -0.355 e. The molecule has 0 radical (unpaired) electrons. The van der Waals surface area contributed by atoms with Gasteiger partial charge in [0.15, 0.2) is 0 Å². The fraction of sp³-hybridized carbons (Fsp3) is 0.545. The normalized spacial score (nSPS) is 18.1. The Morgan fingerprint density at radius 2 is 2.20 bits per heavy atom. The molecule has 0 N–H and O–H groups in total. The number of nitrogens with zero attached hydrogens (tertiary/aromatic N) is 2. The fourth-order valence-electron chi connectivity index (χ4n) is 1.91. The molecular formula is C11H14BrClN2. The van der Waals surface area contributed by atoms with E-state index in [1.165, 1.54) is 12.8 Å². The Morgan fingerprint density at radius 1 is 1.47 bits per heavy atom. The van der Waals surface area contributed by atoms with Crippen molar-refractivity contribution in [3.05, 3.63) is 23.4 Å². The Balaban J connectivity index is 2.04. The van der Waals surface area contributed by atoms with Gasteiger partial charge in [-0.05, 0) is 30.9 Å². The molecule has 0 unspecified atom stereocenters. The lowest BCUT2D eigenvalue weighted by atomic mass is 9.99. The topological polar surface area (TPSA) is 16.1 Å². The standard InChI is InChI=1S/C11H14BrClN2/c12-8-9-3-6-15(7-4-9)11-10(13)2-1-5-14-11/h1-2,5,9H,3-4,6-8H2. The van der Waals surface area contributed by atoms with Crippen molar-refractivity contribution in [2.45, 2.75) is 12.8 Å². The van der Waals surface area contributed by atoms with Crippen LogP contribution in [0.4, 0.5) is 5.82 Å². The summed E-state index contributed by atoms with van der Waals surface area (Å²) in [7, 11) is 0. The number of anilines is 1. The SMILES string of the molecule is Clc1cccnc1N1CCC(CBr)CC1. The van der Waals surface area contributed by atoms with Crippen LogP contribution in [0.15, 0.2) is 18.3 Å². The summed E-state index contributed by atoms with van der Waals surface area (Å²) in [6.07, 6.45) is 4.24. The van der Waals surface area contributed by atoms with Crippen LogP contribution in [0.2, 0.25) is 5.02 Å². The van der Waals surface area contributed by atoms with E-state index in [1.807, 2.05) is 12.1 Å². The lowest BCUT2D eigenvalue weighted by Crippen LogP contribution is -2.34. The lowest BCUT2D eigenvalue weighted by Gasteiger charge is -2.32. The maximum absolute atomic E-state index is 6.11. The van der Waals surface area contributed by atoms with Crippen molar-refractivity contribution in [1.82, 2.24) is 4.98 Å². The van der Waals surface area contributed by atoms with E-state index < -0.39 is 0 Å². The van der Waals surface area contributed by atoms with Crippen LogP contribution in [0, 0.1) is 5.92 Å². The van der Waals surface area contributed by atoms with Gasteiger partial charge in [-0.2, -0.15) is 0 Å². The largest absolute Gasteiger partial charge is 0.355 e. The lowest BCUT2D eigenvalue weighted by molar-refractivity contribution is 0.445. The van der Waals surface area contributed by atoms with E-state index in [1.54, 1.807) is 6.20 Å². The zero-order chi connectivity index (χ0) is 10.7. The predicted octanol–water partition coefficient (Wildman–Crippen LogP) is 3.35. The monoisotopic (exact) mass is 288 g/mol. The Hall–Kier alpha value is -0.280. The summed E-state index contributed by atoms with van der Waals surface area (Å²) in [6.45, 7) is 2.12. The highest BCUT2D eigenvalue weighted by atomic mass is 79.9. The van der Waals surface area contributed by atoms with Crippen molar-refractivity contribution in [3.63, 3.8) is 0 Å². The summed E-state index contributed by atoms with van der Waals surface area (Å²) >= 11 is 9.66. The molecular weight excluding hydrogens is 275 g/mol. The molecule has 1 aliphatic heterocycles. The van der Waals surface area contributed by atoms with E-state index in [0.29, 0.717) is 0 Å². The van der Waals surface area contributed by atoms with Gasteiger partial charge in [-0.25, -0.2) is 4.98 Å². The molecule has 2 heterocycles. The van der Waals surface area contributed by atoms with Crippen LogP contribution in [0.5, 0.6) is 0 Å². The van der Waals surface area contributed by atoms with Crippen LogP contribution in [0.25, 0.3) is 0 Å². The van der Waals surface area contributed by atoms with E-state index >= 15 is 0 Å². The second-order valence-corrected chi connectivity index (χ2v) is 4.95. The summed E-state index contributed by atoms with van der Waals surface area (Å²) < 4.78 is 0. The third kappa shape index (κ3) is 2.64. The Morgan fingerprint density at radius 3 is 2.80 bits per heavy atom. The second-order valence-electron chi connectivity index (χ2n) is 3.89. The van der Waals surface area contributed by atoms with Gasteiger partial charge >= 0.3 is 0 Å². The van der Waals surface area contributed by atoms with Gasteiger partial charge in [0.25, 0.3) is 0 Å². The van der Waals surface area contributed by atoms with Crippen LogP contribution in [-0.4, -0.2) is 23.4 Å². The van der Waals surface area contributed by atoms with Gasteiger partial charge in [0.1, 0.15) is 5.82 Å². The minimum atomic E-state index is 0.759. The molecule has 0 spiro atoms. The molecule has 1 saturated heterocycles. The van der Waals surface area contributed by atoms with Gasteiger partial charge in [0.05, 0.1) is 5.02 Å². The first kappa shape index (κ1) is 11.2. The summed E-state index contributed by atoms with van der Waals surface area (Å²) in [6, 6.07) is 3.78. The van der Waals surface area contributed by atoms with Crippen molar-refractivity contribution in [1.29, 1.82) is 0 Å². The molecule has 0 aromatic carbocycles. The highest BCUT2D eigenvalue weighted by Crippen LogP contribution is 2.27. The number of rotatable bonds is 2. The molecule has 0 bridgehead atoms. The molecule has 1 aromatic rings. The molecule has 0 saturated carbocycles. The van der Waals surface area contributed by atoms with Crippen molar-refractivity contribution >= 4 is 33.3 Å². The van der Waals surface area contributed by atoms with E-state index in [2.05, 4.69) is 25.8 Å². The fourth-order valence-corrected chi connectivity index (χ4v) is 2.80. The average Bonchev–Trinajstić information content (AvgIpc) is 2.30. The third-order valence-corrected chi connectivity index (χ3v) is 4.08. The number of halogens is 2. The van der Waals surface area contributed by atoms with Crippen LogP contribution in [0.3, 0.4) is 0 Å². The zero-order valence-corrected chi connectivity index (χ0v) is 10.8. The summed E-state index contributed by atoms with van der Waals surface area (Å²) in [4.78, 5) is 6.61. The number of alkyl halides is 1. The van der Waals surface area contributed by atoms with Gasteiger partial charge in [-0.15, -0.1) is 0 Å². The number of hydrogen-bond donors (Lipinski definition) is 0. The zero-order valence-electron chi connectivity index (χ0n) is 8.50. The highest BCUT2D eigenvalue weighted by Gasteiger charge is 2.20. The van der Waals surface area contributed by atoms with Crippen LogP contribution >= 0.6 is 27.5 Å². The quantitative estimate of drug-likeness (QED) is 0.776. The molecule has 82 valence electrons. The van der Waals surface area contributed by atoms with Gasteiger partial charge < -0.3 is 4.90 Å². The first-order valence-corrected chi connectivity index (χ1v) is 6.72. The molecule has 1 aliphatic rings. The van der Waals surface area contributed by atoms with E-state index in [0.717, 1.165) is 35.2 Å². The van der Waals surface area contributed by atoms with Crippen LogP contribution < -0.4 is 4.90 Å². The van der Waals surface area contributed by atoms with Crippen LogP contribution in [0.1, 0.15) is 12.8 Å². The molecule has 2 nitrogen and oxygen atoms in total. The minimum absolute atomic E-state index is 0.759. The van der Waals surface area contributed by atoms with Crippen molar-refractivity contribution in [2.24, 2.45) is 5.92 Å². The molecule has 2 rings (SSSR count). The van der Waals surface area contributed by atoms with Gasteiger partial charge in [-0.3, -0.25) is 0 Å². The summed E-state index contributed by atoms with van der Waals surface area (Å²) in [5.41, 5.74) is 0. The third-order valence-electron chi connectivity index (χ3n) is 2.87. The van der Waals surface area contributed by atoms with Gasteiger partial charge in [-0.1, -0.05) is 27.5 Å². The Labute approximate surface area is 104 Å². The van der Waals surface area contributed by atoms with Gasteiger partial charge in [0.2, 0.25) is 0 Å². The van der Waals surface area contributed by atoms with Gasteiger partial charge in [0, 0.05) is 24.6 Å². The maximum Gasteiger partial charge on any atom is 0.147 e. The first-order valence-electron chi connectivity index (χ1n) is 5.22. The van der Waals surface area contributed by atoms with Crippen molar-refractivity contribution in [3.8, 4) is 0 Å². The molecule has 15 heavy (non-hydrogen) atoms. The molecule has 1 aromatic heterocycles. The Bertz CT molecular complexity index is 324. The molecule has 4 heteroatoms. The van der Waals surface area contributed by atoms with E-state index in [9.17, 15) is 0 Å². The van der Waals surface area contributed by atoms with E-state index in [-0.39, 0.29) is 0 Å². The maximum atomic E-state index is 6.11. The predicted molar refractivity (Wildman–Crippen MR) is 68.0 cm³/mol. The molecule has 1 fully saturated rings. The first-order chi connectivity index (χ1) is 7.31. The molecule has 0 amide bonds. The van der Waals surface area contributed by atoms with Crippen molar-refractivity contribution in [2.75, 3.05) is 23.3 Å². The number of piperidine rings is 1. The summed E-state index contributed by atoms with van der Waals surface area (Å²) in [5, 5.41) is 1.87. The van der Waals surface area contributed by atoms with Crippen molar-refractivity contribution < 1.29 is 0 Å². The van der Waals surface area contributed by atoms with Crippen LogP contribution in [-0.2, 0) is 0 Å². The van der Waals surface area contributed by atoms with E-state index in [4.69, 9.17) is 11.6 Å². The smallest absolute Gasteiger partial charge is 0.147 e.